The molecule has 1 aromatic carbocycles. The first-order valence-electron chi connectivity index (χ1n) is 13.0. The number of hydrogen-bond donors (Lipinski definition) is 1. The molecule has 0 aliphatic carbocycles. The van der Waals surface area contributed by atoms with E-state index in [2.05, 4.69) is 67.3 Å². The van der Waals surface area contributed by atoms with Gasteiger partial charge in [0.15, 0.2) is 5.65 Å². The molecule has 194 valence electrons. The minimum Gasteiger partial charge on any atom is -0.379 e. The molecule has 37 heavy (non-hydrogen) atoms. The van der Waals surface area contributed by atoms with Crippen LogP contribution in [0.1, 0.15) is 5.56 Å². The van der Waals surface area contributed by atoms with E-state index in [0.717, 1.165) is 82.5 Å². The average Bonchev–Trinajstić information content (AvgIpc) is 3.55. The predicted molar refractivity (Wildman–Crippen MR) is 143 cm³/mol. The van der Waals surface area contributed by atoms with E-state index >= 15 is 0 Å². The lowest BCUT2D eigenvalue weighted by molar-refractivity contribution is 0.0360. The Bertz CT molecular complexity index is 1350. The van der Waals surface area contributed by atoms with Crippen LogP contribution in [0.15, 0.2) is 43.0 Å². The van der Waals surface area contributed by atoms with E-state index in [9.17, 15) is 0 Å². The van der Waals surface area contributed by atoms with Gasteiger partial charge in [0.1, 0.15) is 0 Å². The molecule has 11 heteroatoms. The molecule has 0 unspecified atom stereocenters. The number of fused-ring (bicyclic) bond motifs is 1. The Morgan fingerprint density at radius 2 is 1.81 bits per heavy atom. The summed E-state index contributed by atoms with van der Waals surface area (Å²) in [6, 6.07) is 6.46. The summed E-state index contributed by atoms with van der Waals surface area (Å²) < 4.78 is 9.24. The lowest BCUT2D eigenvalue weighted by atomic mass is 10.1. The highest BCUT2D eigenvalue weighted by molar-refractivity contribution is 5.65. The zero-order valence-electron chi connectivity index (χ0n) is 21.5. The van der Waals surface area contributed by atoms with Crippen molar-refractivity contribution < 1.29 is 4.74 Å². The molecule has 5 heterocycles. The summed E-state index contributed by atoms with van der Waals surface area (Å²) in [4.78, 5) is 16.3. The summed E-state index contributed by atoms with van der Waals surface area (Å²) in [5.74, 6) is 0.542. The van der Waals surface area contributed by atoms with Crippen LogP contribution >= 0.6 is 0 Å². The number of likely N-dealkylation sites (N-methyl/N-ethyl adjacent to an activating group) is 1. The minimum atomic E-state index is 0.542. The smallest absolute Gasteiger partial charge is 0.247 e. The van der Waals surface area contributed by atoms with Crippen molar-refractivity contribution >= 4 is 23.0 Å². The standard InChI is InChI=1S/C26H34N10O/c1-20-15-22(3-4-23(20)34-8-5-32(2)6-9-34)29-26-30-25-18-27-17-24(36(25)31-26)21-16-28-35(19-21)10-7-33-11-13-37-14-12-33/h3-4,15-19H,5-14H2,1-2H3,(H,29,31). The molecule has 6 rings (SSSR count). The third kappa shape index (κ3) is 5.29. The number of rotatable bonds is 7. The van der Waals surface area contributed by atoms with Gasteiger partial charge in [0.25, 0.3) is 0 Å². The summed E-state index contributed by atoms with van der Waals surface area (Å²) in [5.41, 5.74) is 6.01. The molecule has 3 aromatic heterocycles. The fourth-order valence-electron chi connectivity index (χ4n) is 5.02. The van der Waals surface area contributed by atoms with E-state index in [-0.39, 0.29) is 0 Å². The van der Waals surface area contributed by atoms with Crippen molar-refractivity contribution in [2.45, 2.75) is 13.5 Å². The van der Waals surface area contributed by atoms with Gasteiger partial charge >= 0.3 is 0 Å². The number of morpholine rings is 1. The Labute approximate surface area is 216 Å². The Balaban J connectivity index is 1.16. The average molecular weight is 503 g/mol. The minimum absolute atomic E-state index is 0.542. The number of nitrogens with one attached hydrogen (secondary N) is 1. The number of aryl methyl sites for hydroxylation is 1. The van der Waals surface area contributed by atoms with E-state index in [0.29, 0.717) is 11.6 Å². The largest absolute Gasteiger partial charge is 0.379 e. The number of piperazine rings is 1. The number of anilines is 3. The van der Waals surface area contributed by atoms with Crippen molar-refractivity contribution in [3.05, 3.63) is 48.5 Å². The maximum absolute atomic E-state index is 5.44. The molecular formula is C26H34N10O. The van der Waals surface area contributed by atoms with E-state index in [1.807, 2.05) is 27.8 Å². The van der Waals surface area contributed by atoms with Crippen LogP contribution in [0.3, 0.4) is 0 Å². The van der Waals surface area contributed by atoms with E-state index < -0.39 is 0 Å². The Hall–Kier alpha value is -3.54. The molecule has 2 aliphatic rings. The molecule has 4 aromatic rings. The van der Waals surface area contributed by atoms with Crippen molar-refractivity contribution in [3.8, 4) is 11.3 Å². The number of aromatic nitrogens is 6. The molecule has 0 saturated carbocycles. The van der Waals surface area contributed by atoms with Crippen LogP contribution in [0.2, 0.25) is 0 Å². The molecule has 0 bridgehead atoms. The fourth-order valence-corrected chi connectivity index (χ4v) is 5.02. The van der Waals surface area contributed by atoms with Crippen LogP contribution in [0.4, 0.5) is 17.3 Å². The van der Waals surface area contributed by atoms with Crippen molar-refractivity contribution in [2.75, 3.05) is 76.3 Å². The molecule has 0 amide bonds. The molecule has 0 atom stereocenters. The van der Waals surface area contributed by atoms with Crippen molar-refractivity contribution in [1.29, 1.82) is 0 Å². The molecule has 0 spiro atoms. The maximum Gasteiger partial charge on any atom is 0.247 e. The molecule has 11 nitrogen and oxygen atoms in total. The van der Waals surface area contributed by atoms with E-state index in [1.54, 1.807) is 6.20 Å². The zero-order chi connectivity index (χ0) is 25.2. The Morgan fingerprint density at radius 3 is 2.62 bits per heavy atom. The second-order valence-electron chi connectivity index (χ2n) is 9.86. The van der Waals surface area contributed by atoms with Gasteiger partial charge in [0.05, 0.1) is 44.0 Å². The molecule has 0 radical (unpaired) electrons. The molecular weight excluding hydrogens is 468 g/mol. The molecule has 1 N–H and O–H groups in total. The molecule has 2 aliphatic heterocycles. The second kappa shape index (κ2) is 10.4. The topological polar surface area (TPSA) is 91.9 Å². The summed E-state index contributed by atoms with van der Waals surface area (Å²) in [6.45, 7) is 11.8. The van der Waals surface area contributed by atoms with E-state index in [1.165, 1.54) is 11.3 Å². The first-order chi connectivity index (χ1) is 18.1. The fraction of sp³-hybridized carbons (Fsp3) is 0.462. The summed E-state index contributed by atoms with van der Waals surface area (Å²) in [5, 5.41) is 12.7. The van der Waals surface area contributed by atoms with Crippen molar-refractivity contribution in [2.24, 2.45) is 0 Å². The summed E-state index contributed by atoms with van der Waals surface area (Å²) in [7, 11) is 2.18. The van der Waals surface area contributed by atoms with Gasteiger partial charge in [-0.25, -0.2) is 4.52 Å². The van der Waals surface area contributed by atoms with Crippen LogP contribution in [0, 0.1) is 6.92 Å². The van der Waals surface area contributed by atoms with E-state index in [4.69, 9.17) is 9.84 Å². The first-order valence-corrected chi connectivity index (χ1v) is 13.0. The number of hydrogen-bond acceptors (Lipinski definition) is 9. The van der Waals surface area contributed by atoms with Crippen molar-refractivity contribution in [3.63, 3.8) is 0 Å². The van der Waals surface area contributed by atoms with Gasteiger partial charge in [-0.3, -0.25) is 14.6 Å². The number of nitrogens with zero attached hydrogens (tertiary/aromatic N) is 9. The monoisotopic (exact) mass is 502 g/mol. The van der Waals surface area contributed by atoms with Gasteiger partial charge in [0.2, 0.25) is 5.95 Å². The zero-order valence-corrected chi connectivity index (χ0v) is 21.5. The maximum atomic E-state index is 5.44. The van der Waals surface area contributed by atoms with Gasteiger partial charge in [-0.15, -0.1) is 5.10 Å². The second-order valence-corrected chi connectivity index (χ2v) is 9.86. The van der Waals surface area contributed by atoms with Crippen LogP contribution in [-0.4, -0.2) is 105 Å². The number of benzene rings is 1. The third-order valence-corrected chi connectivity index (χ3v) is 7.22. The SMILES string of the molecule is Cc1cc(Nc2nc3cncc(-c4cnn(CCN5CCOCC5)c4)n3n2)ccc1N1CCN(C)CC1. The highest BCUT2D eigenvalue weighted by atomic mass is 16.5. The Kier molecular flexibility index (Phi) is 6.73. The molecule has 2 fully saturated rings. The van der Waals surface area contributed by atoms with Gasteiger partial charge in [-0.1, -0.05) is 0 Å². The van der Waals surface area contributed by atoms with Gasteiger partial charge < -0.3 is 19.9 Å². The summed E-state index contributed by atoms with van der Waals surface area (Å²) >= 11 is 0. The predicted octanol–water partition coefficient (Wildman–Crippen LogP) is 2.12. The summed E-state index contributed by atoms with van der Waals surface area (Å²) in [6.07, 6.45) is 7.45. The van der Waals surface area contributed by atoms with Crippen LogP contribution in [-0.2, 0) is 11.3 Å². The quantitative estimate of drug-likeness (QED) is 0.408. The molecule has 2 saturated heterocycles. The highest BCUT2D eigenvalue weighted by Crippen LogP contribution is 2.26. The normalized spacial score (nSPS) is 17.5. The lowest BCUT2D eigenvalue weighted by Crippen LogP contribution is -2.44. The van der Waals surface area contributed by atoms with Gasteiger partial charge in [0, 0.05) is 68.9 Å². The van der Waals surface area contributed by atoms with Crippen LogP contribution in [0.5, 0.6) is 0 Å². The Morgan fingerprint density at radius 1 is 0.973 bits per heavy atom. The lowest BCUT2D eigenvalue weighted by Gasteiger charge is -2.35. The van der Waals surface area contributed by atoms with Crippen molar-refractivity contribution in [1.82, 2.24) is 39.2 Å². The highest BCUT2D eigenvalue weighted by Gasteiger charge is 2.17. The first kappa shape index (κ1) is 23.8. The van der Waals surface area contributed by atoms with Gasteiger partial charge in [-0.2, -0.15) is 10.1 Å². The number of ether oxygens (including phenoxy) is 1. The van der Waals surface area contributed by atoms with Crippen LogP contribution in [0.25, 0.3) is 16.9 Å². The third-order valence-electron chi connectivity index (χ3n) is 7.22. The van der Waals surface area contributed by atoms with Crippen LogP contribution < -0.4 is 10.2 Å². The van der Waals surface area contributed by atoms with Gasteiger partial charge in [-0.05, 0) is 37.7 Å².